The van der Waals surface area contributed by atoms with Crippen molar-refractivity contribution in [3.63, 3.8) is 0 Å². The van der Waals surface area contributed by atoms with Gasteiger partial charge in [-0.2, -0.15) is 0 Å². The molecule has 4 rings (SSSR count). The molecule has 0 aliphatic carbocycles. The van der Waals surface area contributed by atoms with Gasteiger partial charge in [0.05, 0.1) is 6.61 Å². The molecule has 4 heteroatoms. The maximum atomic E-state index is 13.8. The van der Waals surface area contributed by atoms with Crippen LogP contribution in [-0.4, -0.2) is 11.7 Å². The Morgan fingerprint density at radius 2 is 1.76 bits per heavy atom. The van der Waals surface area contributed by atoms with Crippen LogP contribution in [0.1, 0.15) is 28.5 Å². The van der Waals surface area contributed by atoms with Crippen molar-refractivity contribution >= 4 is 5.69 Å². The number of fused-ring (bicyclic) bond motifs is 1. The number of anilines is 1. The van der Waals surface area contributed by atoms with Crippen molar-refractivity contribution in [1.82, 2.24) is 0 Å². The van der Waals surface area contributed by atoms with Gasteiger partial charge in [0.15, 0.2) is 0 Å². The molecule has 3 aromatic carbocycles. The lowest BCUT2D eigenvalue weighted by Gasteiger charge is -2.34. The summed E-state index contributed by atoms with van der Waals surface area (Å²) in [6.45, 7) is 0.412. The summed E-state index contributed by atoms with van der Waals surface area (Å²) in [6.07, 6.45) is 0. The highest BCUT2D eigenvalue weighted by atomic mass is 19.1. The Kier molecular flexibility index (Phi) is 3.80. The third-order valence-electron chi connectivity index (χ3n) is 4.73. The monoisotopic (exact) mass is 335 g/mol. The number of halogens is 1. The molecule has 1 aliphatic rings. The Bertz CT molecular complexity index is 908. The predicted octanol–water partition coefficient (Wildman–Crippen LogP) is 4.42. The third-order valence-corrected chi connectivity index (χ3v) is 4.73. The molecule has 3 nitrogen and oxygen atoms in total. The summed E-state index contributed by atoms with van der Waals surface area (Å²) in [5.41, 5.74) is 9.47. The number of hydrogen-bond donors (Lipinski definition) is 2. The average molecular weight is 335 g/mol. The Morgan fingerprint density at radius 3 is 2.52 bits per heavy atom. The van der Waals surface area contributed by atoms with Crippen LogP contribution >= 0.6 is 0 Å². The van der Waals surface area contributed by atoms with Gasteiger partial charge in [-0.3, -0.25) is 0 Å². The van der Waals surface area contributed by atoms with Gasteiger partial charge in [-0.05, 0) is 41.5 Å². The van der Waals surface area contributed by atoms with Gasteiger partial charge in [-0.15, -0.1) is 0 Å². The van der Waals surface area contributed by atoms with E-state index in [4.69, 9.17) is 10.5 Å². The Hall–Kier alpha value is -3.01. The second-order valence-electron chi connectivity index (χ2n) is 6.34. The lowest BCUT2D eigenvalue weighted by molar-refractivity contribution is 0.247. The van der Waals surface area contributed by atoms with Gasteiger partial charge in [0.1, 0.15) is 17.3 Å². The van der Waals surface area contributed by atoms with Crippen molar-refractivity contribution in [2.24, 2.45) is 0 Å². The molecule has 25 heavy (non-hydrogen) atoms. The normalized spacial score (nSPS) is 19.1. The molecule has 1 heterocycles. The van der Waals surface area contributed by atoms with Crippen LogP contribution in [0.5, 0.6) is 11.5 Å². The number of phenols is 1. The zero-order valence-corrected chi connectivity index (χ0v) is 13.5. The summed E-state index contributed by atoms with van der Waals surface area (Å²) < 4.78 is 19.6. The number of hydrogen-bond acceptors (Lipinski definition) is 3. The standard InChI is InChI=1S/C21H18FNO2/c22-15-3-1-2-14(10-15)19-12-25-20-11-17(24)8-9-18(20)21(19)13-4-6-16(23)7-5-13/h1-11,19,21,24H,12,23H2. The second-order valence-corrected chi connectivity index (χ2v) is 6.34. The van der Waals surface area contributed by atoms with Crippen LogP contribution in [0.25, 0.3) is 0 Å². The van der Waals surface area contributed by atoms with Gasteiger partial charge in [0, 0.05) is 29.2 Å². The summed E-state index contributed by atoms with van der Waals surface area (Å²) in [7, 11) is 0. The lowest BCUT2D eigenvalue weighted by atomic mass is 9.76. The van der Waals surface area contributed by atoms with Gasteiger partial charge in [0.25, 0.3) is 0 Å². The van der Waals surface area contributed by atoms with Gasteiger partial charge < -0.3 is 15.6 Å². The molecule has 1 aliphatic heterocycles. The fourth-order valence-electron chi connectivity index (χ4n) is 3.54. The molecule has 0 bridgehead atoms. The van der Waals surface area contributed by atoms with Crippen molar-refractivity contribution < 1.29 is 14.2 Å². The minimum atomic E-state index is -0.259. The summed E-state index contributed by atoms with van der Waals surface area (Å²) in [6, 6.07) is 19.5. The van der Waals surface area contributed by atoms with Crippen LogP contribution in [0.3, 0.4) is 0 Å². The van der Waals surface area contributed by atoms with E-state index in [0.29, 0.717) is 18.0 Å². The second kappa shape index (κ2) is 6.13. The molecule has 0 spiro atoms. The number of benzene rings is 3. The van der Waals surface area contributed by atoms with Crippen LogP contribution in [0, 0.1) is 5.82 Å². The highest BCUT2D eigenvalue weighted by molar-refractivity contribution is 5.52. The fraction of sp³-hybridized carbons (Fsp3) is 0.143. The molecule has 2 unspecified atom stereocenters. The van der Waals surface area contributed by atoms with E-state index in [1.165, 1.54) is 6.07 Å². The lowest BCUT2D eigenvalue weighted by Crippen LogP contribution is -2.25. The summed E-state index contributed by atoms with van der Waals surface area (Å²) >= 11 is 0. The van der Waals surface area contributed by atoms with E-state index in [-0.39, 0.29) is 23.4 Å². The Labute approximate surface area is 145 Å². The Balaban J connectivity index is 1.86. The van der Waals surface area contributed by atoms with E-state index in [9.17, 15) is 9.50 Å². The van der Waals surface area contributed by atoms with E-state index < -0.39 is 0 Å². The maximum Gasteiger partial charge on any atom is 0.126 e. The van der Waals surface area contributed by atoms with E-state index in [2.05, 4.69) is 0 Å². The van der Waals surface area contributed by atoms with Gasteiger partial charge in [0.2, 0.25) is 0 Å². The summed E-state index contributed by atoms with van der Waals surface area (Å²) in [5.74, 6) is 0.529. The first-order valence-electron chi connectivity index (χ1n) is 8.18. The first-order valence-corrected chi connectivity index (χ1v) is 8.18. The number of nitrogen functional groups attached to an aromatic ring is 1. The smallest absolute Gasteiger partial charge is 0.126 e. The zero-order valence-electron chi connectivity index (χ0n) is 13.5. The van der Waals surface area contributed by atoms with E-state index in [1.54, 1.807) is 24.3 Å². The number of ether oxygens (including phenoxy) is 1. The van der Waals surface area contributed by atoms with Crippen molar-refractivity contribution in [2.45, 2.75) is 11.8 Å². The fourth-order valence-corrected chi connectivity index (χ4v) is 3.54. The molecular weight excluding hydrogens is 317 g/mol. The van der Waals surface area contributed by atoms with Crippen LogP contribution in [0.15, 0.2) is 66.7 Å². The molecule has 2 atom stereocenters. The molecule has 3 N–H and O–H groups in total. The average Bonchev–Trinajstić information content (AvgIpc) is 2.61. The summed E-state index contributed by atoms with van der Waals surface area (Å²) in [4.78, 5) is 0. The molecule has 0 amide bonds. The largest absolute Gasteiger partial charge is 0.508 e. The van der Waals surface area contributed by atoms with Crippen molar-refractivity contribution in [3.05, 3.63) is 89.2 Å². The van der Waals surface area contributed by atoms with Crippen LogP contribution in [0.4, 0.5) is 10.1 Å². The molecule has 0 aromatic heterocycles. The zero-order chi connectivity index (χ0) is 17.4. The molecule has 0 saturated carbocycles. The number of nitrogens with two attached hydrogens (primary N) is 1. The summed E-state index contributed by atoms with van der Waals surface area (Å²) in [5, 5.41) is 9.75. The van der Waals surface area contributed by atoms with Crippen molar-refractivity contribution in [1.29, 1.82) is 0 Å². The molecule has 126 valence electrons. The van der Waals surface area contributed by atoms with E-state index >= 15 is 0 Å². The highest BCUT2D eigenvalue weighted by Crippen LogP contribution is 2.47. The predicted molar refractivity (Wildman–Crippen MR) is 95.4 cm³/mol. The van der Waals surface area contributed by atoms with Crippen molar-refractivity contribution in [3.8, 4) is 11.5 Å². The SMILES string of the molecule is Nc1ccc(C2c3ccc(O)cc3OCC2c2cccc(F)c2)cc1. The van der Waals surface area contributed by atoms with E-state index in [1.807, 2.05) is 36.4 Å². The minimum absolute atomic E-state index is 0.00764. The molecular formula is C21H18FNO2. The van der Waals surface area contributed by atoms with Gasteiger partial charge in [-0.25, -0.2) is 4.39 Å². The molecule has 3 aromatic rings. The number of aromatic hydroxyl groups is 1. The van der Waals surface area contributed by atoms with Gasteiger partial charge in [-0.1, -0.05) is 30.3 Å². The van der Waals surface area contributed by atoms with Crippen molar-refractivity contribution in [2.75, 3.05) is 12.3 Å². The van der Waals surface area contributed by atoms with Crippen LogP contribution < -0.4 is 10.5 Å². The first-order chi connectivity index (χ1) is 12.1. The van der Waals surface area contributed by atoms with Gasteiger partial charge >= 0.3 is 0 Å². The minimum Gasteiger partial charge on any atom is -0.508 e. The third kappa shape index (κ3) is 2.91. The first kappa shape index (κ1) is 15.5. The van der Waals surface area contributed by atoms with Crippen LogP contribution in [-0.2, 0) is 0 Å². The molecule has 0 fully saturated rings. The highest BCUT2D eigenvalue weighted by Gasteiger charge is 2.33. The van der Waals surface area contributed by atoms with Crippen LogP contribution in [0.2, 0.25) is 0 Å². The number of rotatable bonds is 2. The topological polar surface area (TPSA) is 55.5 Å². The van der Waals surface area contributed by atoms with E-state index in [0.717, 1.165) is 16.7 Å². The quantitative estimate of drug-likeness (QED) is 0.682. The Morgan fingerprint density at radius 1 is 0.960 bits per heavy atom. The molecule has 0 saturated heterocycles. The number of phenolic OH excluding ortho intramolecular Hbond substituents is 1. The molecule has 0 radical (unpaired) electrons. The maximum absolute atomic E-state index is 13.8.